The van der Waals surface area contributed by atoms with Crippen LogP contribution in [0.25, 0.3) is 16.9 Å². The third-order valence-electron chi connectivity index (χ3n) is 3.49. The Labute approximate surface area is 139 Å². The van der Waals surface area contributed by atoms with E-state index in [4.69, 9.17) is 0 Å². The Hall–Kier alpha value is -2.33. The molecular formula is C19H17FN2S. The third-order valence-corrected chi connectivity index (χ3v) is 4.44. The minimum atomic E-state index is -0.244. The molecule has 0 bridgehead atoms. The lowest BCUT2D eigenvalue weighted by molar-refractivity contribution is 0.627. The highest BCUT2D eigenvalue weighted by Crippen LogP contribution is 2.30. The summed E-state index contributed by atoms with van der Waals surface area (Å²) < 4.78 is 15.3. The van der Waals surface area contributed by atoms with E-state index in [1.54, 1.807) is 23.9 Å². The van der Waals surface area contributed by atoms with Crippen LogP contribution in [0.4, 0.5) is 4.39 Å². The molecule has 2 aromatic carbocycles. The van der Waals surface area contributed by atoms with E-state index in [-0.39, 0.29) is 5.82 Å². The van der Waals surface area contributed by atoms with Crippen LogP contribution in [-0.2, 0) is 0 Å². The van der Waals surface area contributed by atoms with E-state index in [0.29, 0.717) is 0 Å². The Morgan fingerprint density at radius 3 is 2.48 bits per heavy atom. The van der Waals surface area contributed by atoms with Crippen LogP contribution in [0.2, 0.25) is 0 Å². The maximum Gasteiger partial charge on any atom is 0.173 e. The Balaban J connectivity index is 2.12. The monoisotopic (exact) mass is 324 g/mol. The van der Waals surface area contributed by atoms with Gasteiger partial charge in [-0.05, 0) is 31.2 Å². The van der Waals surface area contributed by atoms with Crippen molar-refractivity contribution in [3.63, 3.8) is 0 Å². The van der Waals surface area contributed by atoms with Gasteiger partial charge in [-0.25, -0.2) is 9.37 Å². The van der Waals surface area contributed by atoms with Crippen LogP contribution in [0.15, 0.2) is 72.5 Å². The fourth-order valence-corrected chi connectivity index (χ4v) is 3.06. The van der Waals surface area contributed by atoms with Gasteiger partial charge in [-0.15, -0.1) is 6.58 Å². The first-order valence-corrected chi connectivity index (χ1v) is 8.32. The van der Waals surface area contributed by atoms with Crippen LogP contribution in [0, 0.1) is 12.7 Å². The number of aryl methyl sites for hydroxylation is 1. The fraction of sp³-hybridized carbons (Fsp3) is 0.105. The van der Waals surface area contributed by atoms with Gasteiger partial charge in [-0.1, -0.05) is 47.7 Å². The lowest BCUT2D eigenvalue weighted by Gasteiger charge is -2.12. The highest BCUT2D eigenvalue weighted by Gasteiger charge is 2.13. The molecule has 116 valence electrons. The molecule has 0 aliphatic carbocycles. The van der Waals surface area contributed by atoms with Crippen LogP contribution < -0.4 is 0 Å². The molecule has 3 rings (SSSR count). The van der Waals surface area contributed by atoms with E-state index < -0.39 is 0 Å². The molecule has 0 aliphatic rings. The summed E-state index contributed by atoms with van der Waals surface area (Å²) in [5, 5.41) is 0.868. The molecule has 0 saturated carbocycles. The molecule has 0 unspecified atom stereocenters. The molecule has 0 saturated heterocycles. The Bertz CT molecular complexity index is 804. The predicted molar refractivity (Wildman–Crippen MR) is 94.6 cm³/mol. The van der Waals surface area contributed by atoms with Gasteiger partial charge in [0, 0.05) is 17.0 Å². The van der Waals surface area contributed by atoms with Gasteiger partial charge in [0.05, 0.1) is 11.9 Å². The van der Waals surface area contributed by atoms with Gasteiger partial charge < -0.3 is 0 Å². The number of thioether (sulfide) groups is 1. The molecule has 0 N–H and O–H groups in total. The maximum atomic E-state index is 13.3. The van der Waals surface area contributed by atoms with Gasteiger partial charge in [0.1, 0.15) is 5.82 Å². The summed E-state index contributed by atoms with van der Waals surface area (Å²) in [4.78, 5) is 4.54. The molecule has 3 aromatic rings. The second-order valence-electron chi connectivity index (χ2n) is 5.20. The Morgan fingerprint density at radius 2 is 1.83 bits per heavy atom. The van der Waals surface area contributed by atoms with E-state index in [1.165, 1.54) is 17.7 Å². The normalized spacial score (nSPS) is 10.7. The average molecular weight is 324 g/mol. The van der Waals surface area contributed by atoms with Crippen molar-refractivity contribution >= 4 is 11.8 Å². The first-order chi connectivity index (χ1) is 11.2. The Morgan fingerprint density at radius 1 is 1.13 bits per heavy atom. The van der Waals surface area contributed by atoms with Crippen molar-refractivity contribution in [3.8, 4) is 16.9 Å². The lowest BCUT2D eigenvalue weighted by Crippen LogP contribution is -1.99. The van der Waals surface area contributed by atoms with Gasteiger partial charge in [-0.2, -0.15) is 0 Å². The predicted octanol–water partition coefficient (Wildman–Crippen LogP) is 5.26. The second kappa shape index (κ2) is 6.84. The van der Waals surface area contributed by atoms with Gasteiger partial charge >= 0.3 is 0 Å². The van der Waals surface area contributed by atoms with Crippen LogP contribution in [0.3, 0.4) is 0 Å². The zero-order chi connectivity index (χ0) is 16.2. The number of nitrogens with zero attached hydrogens (tertiary/aromatic N) is 2. The molecule has 1 heterocycles. The SMILES string of the molecule is C=CCSc1ncc(-c2ccc(C)cc2)n1-c1ccc(F)cc1. The van der Waals surface area contributed by atoms with Crippen LogP contribution in [0.1, 0.15) is 5.56 Å². The molecule has 0 fully saturated rings. The zero-order valence-corrected chi connectivity index (χ0v) is 13.7. The minimum absolute atomic E-state index is 0.244. The number of imidazole rings is 1. The van der Waals surface area contributed by atoms with Crippen molar-refractivity contribution in [2.24, 2.45) is 0 Å². The van der Waals surface area contributed by atoms with Gasteiger partial charge in [0.15, 0.2) is 5.16 Å². The summed E-state index contributed by atoms with van der Waals surface area (Å²) >= 11 is 1.60. The summed E-state index contributed by atoms with van der Waals surface area (Å²) in [6.45, 7) is 5.82. The van der Waals surface area contributed by atoms with E-state index in [2.05, 4.69) is 47.3 Å². The van der Waals surface area contributed by atoms with Crippen molar-refractivity contribution < 1.29 is 4.39 Å². The third kappa shape index (κ3) is 3.37. The average Bonchev–Trinajstić information content (AvgIpc) is 2.98. The number of halogens is 1. The smallest absolute Gasteiger partial charge is 0.173 e. The molecule has 0 amide bonds. The number of benzene rings is 2. The van der Waals surface area contributed by atoms with E-state index in [9.17, 15) is 4.39 Å². The lowest BCUT2D eigenvalue weighted by atomic mass is 10.1. The molecular weight excluding hydrogens is 307 g/mol. The molecule has 0 radical (unpaired) electrons. The van der Waals surface area contributed by atoms with Crippen molar-refractivity contribution in [2.75, 3.05) is 5.75 Å². The van der Waals surface area contributed by atoms with E-state index in [0.717, 1.165) is 27.9 Å². The highest BCUT2D eigenvalue weighted by molar-refractivity contribution is 7.99. The maximum absolute atomic E-state index is 13.3. The van der Waals surface area contributed by atoms with E-state index in [1.807, 2.05) is 12.3 Å². The number of hydrogen-bond donors (Lipinski definition) is 0. The van der Waals surface area contributed by atoms with Crippen LogP contribution in [-0.4, -0.2) is 15.3 Å². The number of rotatable bonds is 5. The fourth-order valence-electron chi connectivity index (χ4n) is 2.34. The molecule has 4 heteroatoms. The first-order valence-electron chi connectivity index (χ1n) is 7.33. The van der Waals surface area contributed by atoms with Crippen molar-refractivity contribution in [1.82, 2.24) is 9.55 Å². The molecule has 0 spiro atoms. The quantitative estimate of drug-likeness (QED) is 0.470. The molecule has 0 aliphatic heterocycles. The molecule has 1 aromatic heterocycles. The van der Waals surface area contributed by atoms with E-state index >= 15 is 0 Å². The number of hydrogen-bond acceptors (Lipinski definition) is 2. The largest absolute Gasteiger partial charge is 0.287 e. The minimum Gasteiger partial charge on any atom is -0.287 e. The van der Waals surface area contributed by atoms with Crippen molar-refractivity contribution in [2.45, 2.75) is 12.1 Å². The topological polar surface area (TPSA) is 17.8 Å². The summed E-state index contributed by atoms with van der Waals surface area (Å²) in [5.41, 5.74) is 4.18. The highest BCUT2D eigenvalue weighted by atomic mass is 32.2. The summed E-state index contributed by atoms with van der Waals surface area (Å²) in [7, 11) is 0. The summed E-state index contributed by atoms with van der Waals surface area (Å²) in [5.74, 6) is 0.525. The number of aromatic nitrogens is 2. The van der Waals surface area contributed by atoms with Crippen LogP contribution >= 0.6 is 11.8 Å². The summed E-state index contributed by atoms with van der Waals surface area (Å²) in [6.07, 6.45) is 3.71. The van der Waals surface area contributed by atoms with Crippen LogP contribution in [0.5, 0.6) is 0 Å². The molecule has 23 heavy (non-hydrogen) atoms. The Kier molecular flexibility index (Phi) is 4.63. The van der Waals surface area contributed by atoms with Gasteiger partial charge in [-0.3, -0.25) is 4.57 Å². The van der Waals surface area contributed by atoms with Crippen molar-refractivity contribution in [3.05, 3.63) is 78.8 Å². The van der Waals surface area contributed by atoms with Crippen molar-refractivity contribution in [1.29, 1.82) is 0 Å². The van der Waals surface area contributed by atoms with Gasteiger partial charge in [0.2, 0.25) is 0 Å². The zero-order valence-electron chi connectivity index (χ0n) is 12.9. The standard InChI is InChI=1S/C19H17FN2S/c1-3-12-23-19-21-13-18(15-6-4-14(2)5-7-15)22(19)17-10-8-16(20)9-11-17/h3-11,13H,1,12H2,2H3. The summed E-state index contributed by atoms with van der Waals surface area (Å²) in [6, 6.07) is 14.8. The first kappa shape index (κ1) is 15.6. The molecule has 2 nitrogen and oxygen atoms in total. The second-order valence-corrected chi connectivity index (χ2v) is 6.19. The van der Waals surface area contributed by atoms with Gasteiger partial charge in [0.25, 0.3) is 0 Å². The molecule has 0 atom stereocenters.